The lowest BCUT2D eigenvalue weighted by atomic mass is 9.95. The second kappa shape index (κ2) is 6.71. The van der Waals surface area contributed by atoms with Gasteiger partial charge in [0.2, 0.25) is 0 Å². The summed E-state index contributed by atoms with van der Waals surface area (Å²) < 4.78 is 1.98. The van der Waals surface area contributed by atoms with E-state index in [1.165, 1.54) is 0 Å². The fraction of sp³-hybridized carbons (Fsp3) is 0.261. The number of hydrogen-bond donors (Lipinski definition) is 2. The highest BCUT2D eigenvalue weighted by molar-refractivity contribution is 6.30. The van der Waals surface area contributed by atoms with Crippen molar-refractivity contribution in [2.45, 2.75) is 32.7 Å². The van der Waals surface area contributed by atoms with Gasteiger partial charge in [-0.2, -0.15) is 0 Å². The maximum Gasteiger partial charge on any atom is 0.163 e. The number of pyridine rings is 1. The summed E-state index contributed by atoms with van der Waals surface area (Å²) in [4.78, 5) is 2.10. The lowest BCUT2D eigenvalue weighted by molar-refractivity contribution is 0.810. The van der Waals surface area contributed by atoms with Crippen LogP contribution in [0.3, 0.4) is 0 Å². The summed E-state index contributed by atoms with van der Waals surface area (Å²) in [6.07, 6.45) is 4.16. The van der Waals surface area contributed by atoms with Crippen LogP contribution in [0.15, 0.2) is 60.1 Å². The predicted octanol–water partition coefficient (Wildman–Crippen LogP) is 4.72. The van der Waals surface area contributed by atoms with Gasteiger partial charge in [0, 0.05) is 22.5 Å². The van der Waals surface area contributed by atoms with Crippen LogP contribution in [0.2, 0.25) is 5.02 Å². The van der Waals surface area contributed by atoms with Crippen molar-refractivity contribution >= 4 is 28.6 Å². The Bertz CT molecular complexity index is 1230. The number of aromatic nitrogens is 3. The van der Waals surface area contributed by atoms with Gasteiger partial charge >= 0.3 is 0 Å². The zero-order valence-electron chi connectivity index (χ0n) is 17.0. The van der Waals surface area contributed by atoms with Crippen molar-refractivity contribution in [1.82, 2.24) is 14.6 Å². The van der Waals surface area contributed by atoms with Gasteiger partial charge in [0.25, 0.3) is 0 Å². The molecule has 3 N–H and O–H groups in total. The average Bonchev–Trinajstić information content (AvgIpc) is 3.46. The molecule has 5 rings (SSSR count). The Labute approximate surface area is 180 Å². The molecule has 1 aliphatic heterocycles. The molecule has 3 heterocycles. The first-order chi connectivity index (χ1) is 14.4. The molecule has 152 valence electrons. The number of nitrogens with one attached hydrogen (secondary N) is 1. The average molecular weight is 419 g/mol. The molecule has 1 aromatic carbocycles. The molecule has 3 aromatic rings. The number of fused-ring (bicyclic) bond motifs is 1. The summed E-state index contributed by atoms with van der Waals surface area (Å²) in [5.41, 5.74) is 13.1. The molecule has 2 fully saturated rings. The molecule has 1 saturated heterocycles. The molecule has 0 amide bonds. The summed E-state index contributed by atoms with van der Waals surface area (Å²) in [5.74, 6) is 1.17. The summed E-state index contributed by atoms with van der Waals surface area (Å²) in [7, 11) is 0. The lowest BCUT2D eigenvalue weighted by Crippen LogP contribution is -2.23. The Kier molecular flexibility index (Phi) is 4.22. The van der Waals surface area contributed by atoms with Crippen LogP contribution in [0.25, 0.3) is 5.65 Å². The molecule has 1 unspecified atom stereocenters. The number of halogens is 1. The van der Waals surface area contributed by atoms with Crippen LogP contribution < -0.4 is 10.6 Å². The molecule has 1 saturated carbocycles. The minimum Gasteiger partial charge on any atom is -0.401 e. The number of allylic oxidation sites excluding steroid dienone is 2. The molecule has 6 nitrogen and oxygen atoms in total. The fourth-order valence-corrected chi connectivity index (χ4v) is 4.39. The molecule has 1 atom stereocenters. The van der Waals surface area contributed by atoms with Crippen molar-refractivity contribution < 1.29 is 0 Å². The molecular weight excluding hydrogens is 396 g/mol. The first-order valence-corrected chi connectivity index (χ1v) is 10.4. The van der Waals surface area contributed by atoms with Gasteiger partial charge in [-0.1, -0.05) is 30.3 Å². The van der Waals surface area contributed by atoms with Crippen molar-refractivity contribution in [2.24, 2.45) is 11.7 Å². The van der Waals surface area contributed by atoms with E-state index in [1.54, 1.807) is 0 Å². The molecule has 0 radical (unpaired) electrons. The Morgan fingerprint density at radius 1 is 1.20 bits per heavy atom. The largest absolute Gasteiger partial charge is 0.401 e. The van der Waals surface area contributed by atoms with Crippen LogP contribution in [-0.2, 0) is 0 Å². The highest BCUT2D eigenvalue weighted by atomic mass is 35.5. The van der Waals surface area contributed by atoms with E-state index >= 15 is 0 Å². The zero-order valence-corrected chi connectivity index (χ0v) is 17.7. The second-order valence-electron chi connectivity index (χ2n) is 8.11. The summed E-state index contributed by atoms with van der Waals surface area (Å²) in [6.45, 7) is 8.21. The van der Waals surface area contributed by atoms with Crippen LogP contribution in [-0.4, -0.2) is 20.3 Å². The van der Waals surface area contributed by atoms with E-state index in [9.17, 15) is 0 Å². The van der Waals surface area contributed by atoms with Crippen molar-refractivity contribution in [1.29, 1.82) is 5.41 Å². The third kappa shape index (κ3) is 2.82. The zero-order chi connectivity index (χ0) is 21.2. The smallest absolute Gasteiger partial charge is 0.163 e. The van der Waals surface area contributed by atoms with Gasteiger partial charge in [0.05, 0.1) is 23.1 Å². The van der Waals surface area contributed by atoms with Gasteiger partial charge < -0.3 is 10.6 Å². The van der Waals surface area contributed by atoms with Gasteiger partial charge in [-0.25, -0.2) is 0 Å². The molecule has 2 aliphatic rings. The Balaban J connectivity index is 1.74. The Morgan fingerprint density at radius 3 is 2.57 bits per heavy atom. The molecule has 7 heteroatoms. The van der Waals surface area contributed by atoms with Crippen molar-refractivity contribution in [2.75, 3.05) is 4.90 Å². The Morgan fingerprint density at radius 2 is 1.90 bits per heavy atom. The number of nitrogens with two attached hydrogens (primary N) is 1. The molecule has 0 spiro atoms. The summed E-state index contributed by atoms with van der Waals surface area (Å²) in [5, 5.41) is 18.0. The van der Waals surface area contributed by atoms with Crippen LogP contribution in [0.5, 0.6) is 0 Å². The van der Waals surface area contributed by atoms with E-state index in [4.69, 9.17) is 22.7 Å². The normalized spacial score (nSPS) is 21.0. The van der Waals surface area contributed by atoms with Gasteiger partial charge in [-0.05, 0) is 61.9 Å². The van der Waals surface area contributed by atoms with Crippen LogP contribution >= 0.6 is 11.6 Å². The SMILES string of the molecule is C=C1C(=N)C(=C(N)C2CC2)C(c2ccc(Cl)cc2)N1c1cc(C)c2nnc(C)n2c1. The fourth-order valence-electron chi connectivity index (χ4n) is 4.26. The number of aryl methyl sites for hydroxylation is 2. The minimum atomic E-state index is -0.225. The number of hydrogen-bond acceptors (Lipinski definition) is 5. The van der Waals surface area contributed by atoms with Crippen molar-refractivity contribution in [3.8, 4) is 0 Å². The van der Waals surface area contributed by atoms with E-state index in [-0.39, 0.29) is 6.04 Å². The number of benzene rings is 1. The molecule has 0 bridgehead atoms. The lowest BCUT2D eigenvalue weighted by Gasteiger charge is -2.28. The number of rotatable bonds is 3. The van der Waals surface area contributed by atoms with Crippen molar-refractivity contribution in [3.63, 3.8) is 0 Å². The molecule has 2 aromatic heterocycles. The van der Waals surface area contributed by atoms with E-state index in [0.717, 1.165) is 52.4 Å². The molecule has 1 aliphatic carbocycles. The van der Waals surface area contributed by atoms with Gasteiger partial charge in [-0.3, -0.25) is 9.81 Å². The Hall–Kier alpha value is -3.12. The van der Waals surface area contributed by atoms with Gasteiger partial charge in [0.15, 0.2) is 5.65 Å². The highest BCUT2D eigenvalue weighted by Crippen LogP contribution is 2.47. The van der Waals surface area contributed by atoms with E-state index in [1.807, 2.05) is 48.7 Å². The standard InChI is InChI=1S/C23H23ClN6/c1-12-10-18(11-29-14(3)27-28-23(12)29)30-13(2)20(25)19(21(26)15-4-5-15)22(30)16-6-8-17(24)9-7-16/h6-11,15,22,25H,2,4-5,26H2,1,3H3. The van der Waals surface area contributed by atoms with E-state index in [2.05, 4.69) is 27.7 Å². The number of nitrogens with zero attached hydrogens (tertiary/aromatic N) is 4. The second-order valence-corrected chi connectivity index (χ2v) is 8.55. The third-order valence-corrected chi connectivity index (χ3v) is 6.27. The van der Waals surface area contributed by atoms with E-state index in [0.29, 0.717) is 22.3 Å². The molecule has 30 heavy (non-hydrogen) atoms. The predicted molar refractivity (Wildman–Crippen MR) is 120 cm³/mol. The maximum atomic E-state index is 8.86. The van der Waals surface area contributed by atoms with Crippen LogP contribution in [0.1, 0.15) is 35.8 Å². The summed E-state index contributed by atoms with van der Waals surface area (Å²) in [6, 6.07) is 9.60. The van der Waals surface area contributed by atoms with Crippen LogP contribution in [0.4, 0.5) is 5.69 Å². The van der Waals surface area contributed by atoms with Crippen LogP contribution in [0, 0.1) is 25.2 Å². The maximum absolute atomic E-state index is 8.86. The van der Waals surface area contributed by atoms with Gasteiger partial charge in [0.1, 0.15) is 5.82 Å². The minimum absolute atomic E-state index is 0.225. The molecular formula is C23H23ClN6. The summed E-state index contributed by atoms with van der Waals surface area (Å²) >= 11 is 6.15. The highest BCUT2D eigenvalue weighted by Gasteiger charge is 2.42. The monoisotopic (exact) mass is 418 g/mol. The first-order valence-electron chi connectivity index (χ1n) is 10.0. The topological polar surface area (TPSA) is 83.3 Å². The van der Waals surface area contributed by atoms with Gasteiger partial charge in [-0.15, -0.1) is 10.2 Å². The number of anilines is 1. The van der Waals surface area contributed by atoms with Crippen molar-refractivity contribution in [3.05, 3.63) is 82.0 Å². The quantitative estimate of drug-likeness (QED) is 0.644. The van der Waals surface area contributed by atoms with E-state index < -0.39 is 0 Å². The third-order valence-electron chi connectivity index (χ3n) is 6.02. The first kappa shape index (κ1) is 18.9.